The van der Waals surface area contributed by atoms with E-state index in [1.54, 1.807) is 0 Å². The van der Waals surface area contributed by atoms with Crippen LogP contribution in [0.1, 0.15) is 38.6 Å². The number of nitrogens with zero attached hydrogens (tertiary/aromatic N) is 5. The van der Waals surface area contributed by atoms with Gasteiger partial charge in [0.05, 0.1) is 17.5 Å². The fraction of sp³-hybridized carbons (Fsp3) is 0.400. The van der Waals surface area contributed by atoms with Gasteiger partial charge < -0.3 is 4.90 Å². The molecule has 7 heteroatoms. The molecule has 0 bridgehead atoms. The van der Waals surface area contributed by atoms with E-state index in [9.17, 15) is 4.79 Å². The zero-order valence-corrected chi connectivity index (χ0v) is 16.2. The van der Waals surface area contributed by atoms with Crippen LogP contribution in [0.3, 0.4) is 0 Å². The maximum Gasteiger partial charge on any atom is 0.237 e. The molecule has 0 aliphatic heterocycles. The summed E-state index contributed by atoms with van der Waals surface area (Å²) in [5.74, 6) is 0.393. The number of hydrogen-bond donors (Lipinski definition) is 0. The molecule has 2 aromatic carbocycles. The number of tetrazole rings is 1. The van der Waals surface area contributed by atoms with Crippen LogP contribution in [-0.2, 0) is 4.79 Å². The third-order valence-corrected chi connectivity index (χ3v) is 6.05. The first-order valence-electron chi connectivity index (χ1n) is 9.46. The fourth-order valence-electron chi connectivity index (χ4n) is 3.79. The molecular formula is C20H23N5OS. The van der Waals surface area contributed by atoms with E-state index in [1.165, 1.54) is 24.6 Å². The minimum atomic E-state index is 0.0693. The maximum absolute atomic E-state index is 13.0. The van der Waals surface area contributed by atoms with Gasteiger partial charge in [-0.1, -0.05) is 61.0 Å². The number of thioether (sulfide) groups is 1. The zero-order chi connectivity index (χ0) is 18.6. The van der Waals surface area contributed by atoms with E-state index >= 15 is 0 Å². The van der Waals surface area contributed by atoms with Crippen molar-refractivity contribution in [3.63, 3.8) is 0 Å². The molecule has 140 valence electrons. The third kappa shape index (κ3) is 3.69. The second-order valence-corrected chi connectivity index (χ2v) is 7.71. The Morgan fingerprint density at radius 3 is 2.78 bits per heavy atom. The van der Waals surface area contributed by atoms with Crippen molar-refractivity contribution in [1.29, 1.82) is 0 Å². The average Bonchev–Trinajstić information content (AvgIpc) is 3.38. The summed E-state index contributed by atoms with van der Waals surface area (Å²) < 4.78 is 1.90. The van der Waals surface area contributed by atoms with Crippen molar-refractivity contribution in [2.24, 2.45) is 0 Å². The van der Waals surface area contributed by atoms with Crippen LogP contribution in [0.5, 0.6) is 0 Å². The standard InChI is InChI=1S/C20H23N5OS/c1-2-24(18-13-7-9-15-8-3-6-12-17(15)18)19(26)14-27-20-21-22-23-25(20)16-10-4-5-11-16/h3,6-9,12-13,16H,2,4-5,10-11,14H2,1H3. The van der Waals surface area contributed by atoms with Crippen molar-refractivity contribution in [2.75, 3.05) is 17.2 Å². The van der Waals surface area contributed by atoms with Crippen molar-refractivity contribution in [3.05, 3.63) is 42.5 Å². The highest BCUT2D eigenvalue weighted by atomic mass is 32.2. The van der Waals surface area contributed by atoms with Crippen LogP contribution in [0.25, 0.3) is 10.8 Å². The smallest absolute Gasteiger partial charge is 0.237 e. The highest BCUT2D eigenvalue weighted by molar-refractivity contribution is 7.99. The van der Waals surface area contributed by atoms with Crippen LogP contribution < -0.4 is 4.90 Å². The number of amides is 1. The quantitative estimate of drug-likeness (QED) is 0.602. The van der Waals surface area contributed by atoms with Crippen molar-refractivity contribution >= 4 is 34.1 Å². The molecule has 3 aromatic rings. The normalized spacial score (nSPS) is 14.7. The van der Waals surface area contributed by atoms with E-state index < -0.39 is 0 Å². The van der Waals surface area contributed by atoms with Gasteiger partial charge in [0, 0.05) is 11.9 Å². The summed E-state index contributed by atoms with van der Waals surface area (Å²) in [6.07, 6.45) is 4.67. The zero-order valence-electron chi connectivity index (χ0n) is 15.4. The van der Waals surface area contributed by atoms with E-state index in [4.69, 9.17) is 0 Å². The van der Waals surface area contributed by atoms with Gasteiger partial charge in [-0.2, -0.15) is 0 Å². The molecule has 1 aromatic heterocycles. The molecule has 0 atom stereocenters. The van der Waals surface area contributed by atoms with Gasteiger partial charge in [-0.3, -0.25) is 4.79 Å². The Bertz CT molecular complexity index is 930. The SMILES string of the molecule is CCN(C(=O)CSc1nnnn1C1CCCC1)c1cccc2ccccc12. The second kappa shape index (κ2) is 8.08. The lowest BCUT2D eigenvalue weighted by Crippen LogP contribution is -2.32. The molecule has 0 unspecified atom stereocenters. The largest absolute Gasteiger partial charge is 0.311 e. The van der Waals surface area contributed by atoms with Crippen molar-refractivity contribution in [1.82, 2.24) is 20.2 Å². The van der Waals surface area contributed by atoms with Crippen LogP contribution >= 0.6 is 11.8 Å². The Kier molecular flexibility index (Phi) is 5.38. The highest BCUT2D eigenvalue weighted by Crippen LogP contribution is 2.32. The van der Waals surface area contributed by atoms with Crippen LogP contribution in [0.15, 0.2) is 47.6 Å². The number of benzene rings is 2. The predicted octanol–water partition coefficient (Wildman–Crippen LogP) is 4.09. The fourth-order valence-corrected chi connectivity index (χ4v) is 4.61. The molecule has 0 radical (unpaired) electrons. The van der Waals surface area contributed by atoms with Crippen molar-refractivity contribution < 1.29 is 4.79 Å². The molecule has 1 amide bonds. The monoisotopic (exact) mass is 381 g/mol. The molecule has 1 aliphatic carbocycles. The van der Waals surface area contributed by atoms with E-state index in [1.807, 2.05) is 40.8 Å². The van der Waals surface area contributed by atoms with Crippen LogP contribution in [0.2, 0.25) is 0 Å². The van der Waals surface area contributed by atoms with Gasteiger partial charge in [0.2, 0.25) is 11.1 Å². The molecule has 6 nitrogen and oxygen atoms in total. The first kappa shape index (κ1) is 18.0. The van der Waals surface area contributed by atoms with Crippen LogP contribution in [0, 0.1) is 0 Å². The Morgan fingerprint density at radius 2 is 1.96 bits per heavy atom. The summed E-state index contributed by atoms with van der Waals surface area (Å²) >= 11 is 1.43. The Labute approximate surface area is 162 Å². The molecule has 1 fully saturated rings. The summed E-state index contributed by atoms with van der Waals surface area (Å²) in [5.41, 5.74) is 0.955. The summed E-state index contributed by atoms with van der Waals surface area (Å²) in [5, 5.41) is 15.1. The third-order valence-electron chi connectivity index (χ3n) is 5.13. The highest BCUT2D eigenvalue weighted by Gasteiger charge is 2.23. The van der Waals surface area contributed by atoms with Crippen LogP contribution in [-0.4, -0.2) is 38.4 Å². The number of aromatic nitrogens is 4. The number of carbonyl (C=O) groups is 1. The first-order chi connectivity index (χ1) is 13.3. The Morgan fingerprint density at radius 1 is 1.19 bits per heavy atom. The van der Waals surface area contributed by atoms with Gasteiger partial charge >= 0.3 is 0 Å². The predicted molar refractivity (Wildman–Crippen MR) is 108 cm³/mol. The number of rotatable bonds is 6. The van der Waals surface area contributed by atoms with Gasteiger partial charge in [0.1, 0.15) is 0 Å². The second-order valence-electron chi connectivity index (χ2n) is 6.77. The number of fused-ring (bicyclic) bond motifs is 1. The lowest BCUT2D eigenvalue weighted by Gasteiger charge is -2.22. The van der Waals surface area contributed by atoms with Crippen molar-refractivity contribution in [2.45, 2.75) is 43.8 Å². The average molecular weight is 382 g/mol. The van der Waals surface area contributed by atoms with E-state index in [0.717, 1.165) is 34.5 Å². The minimum Gasteiger partial charge on any atom is -0.311 e. The lowest BCUT2D eigenvalue weighted by molar-refractivity contribution is -0.116. The number of anilines is 1. The number of carbonyl (C=O) groups excluding carboxylic acids is 1. The molecule has 4 rings (SSSR count). The maximum atomic E-state index is 13.0. The van der Waals surface area contributed by atoms with Gasteiger partial charge in [-0.05, 0) is 41.6 Å². The van der Waals surface area contributed by atoms with E-state index in [2.05, 4.69) is 33.7 Å². The van der Waals surface area contributed by atoms with E-state index in [-0.39, 0.29) is 5.91 Å². The summed E-state index contributed by atoms with van der Waals surface area (Å²) in [6.45, 7) is 2.63. The molecule has 1 saturated carbocycles. The number of hydrogen-bond acceptors (Lipinski definition) is 5. The molecule has 0 saturated heterocycles. The lowest BCUT2D eigenvalue weighted by atomic mass is 10.1. The van der Waals surface area contributed by atoms with Gasteiger partial charge in [-0.25, -0.2) is 4.68 Å². The van der Waals surface area contributed by atoms with Crippen molar-refractivity contribution in [3.8, 4) is 0 Å². The molecular weight excluding hydrogens is 358 g/mol. The summed E-state index contributed by atoms with van der Waals surface area (Å²) in [4.78, 5) is 14.8. The summed E-state index contributed by atoms with van der Waals surface area (Å²) in [6, 6.07) is 14.6. The Hall–Kier alpha value is -2.41. The summed E-state index contributed by atoms with van der Waals surface area (Å²) in [7, 11) is 0. The molecule has 27 heavy (non-hydrogen) atoms. The van der Waals surface area contributed by atoms with Crippen LogP contribution in [0.4, 0.5) is 5.69 Å². The topological polar surface area (TPSA) is 63.9 Å². The molecule has 0 N–H and O–H groups in total. The molecule has 1 aliphatic rings. The molecule has 1 heterocycles. The van der Waals surface area contributed by atoms with Gasteiger partial charge in [0.25, 0.3) is 0 Å². The Balaban J connectivity index is 1.51. The van der Waals surface area contributed by atoms with E-state index in [0.29, 0.717) is 18.3 Å². The van der Waals surface area contributed by atoms with Gasteiger partial charge in [-0.15, -0.1) is 5.10 Å². The first-order valence-corrected chi connectivity index (χ1v) is 10.4. The molecule has 0 spiro atoms. The van der Waals surface area contributed by atoms with Gasteiger partial charge in [0.15, 0.2) is 0 Å². The minimum absolute atomic E-state index is 0.0693.